The Bertz CT molecular complexity index is 777. The maximum atomic E-state index is 12.8. The minimum absolute atomic E-state index is 0.140. The second-order valence-corrected chi connectivity index (χ2v) is 5.31. The zero-order valence-corrected chi connectivity index (χ0v) is 12.5. The standard InChI is InChI=1S/C18H16N2O2/c1-20(2)16-15(19-12-8-4-3-5-9-12)17(21)13-10-6-7-11-14(13)18(16)22/h3-11,19H,1-2H3. The highest BCUT2D eigenvalue weighted by Gasteiger charge is 2.33. The van der Waals surface area contributed by atoms with Gasteiger partial charge in [0.15, 0.2) is 0 Å². The molecule has 2 aromatic rings. The molecule has 0 saturated carbocycles. The van der Waals surface area contributed by atoms with Gasteiger partial charge in [0.05, 0.1) is 0 Å². The Morgan fingerprint density at radius 3 is 1.91 bits per heavy atom. The number of benzene rings is 2. The van der Waals surface area contributed by atoms with Crippen molar-refractivity contribution in [1.82, 2.24) is 4.90 Å². The summed E-state index contributed by atoms with van der Waals surface area (Å²) in [5.74, 6) is -0.304. The van der Waals surface area contributed by atoms with Crippen LogP contribution in [-0.2, 0) is 0 Å². The number of anilines is 1. The van der Waals surface area contributed by atoms with E-state index in [-0.39, 0.29) is 11.6 Å². The van der Waals surface area contributed by atoms with E-state index in [0.29, 0.717) is 22.5 Å². The third kappa shape index (κ3) is 2.29. The van der Waals surface area contributed by atoms with Crippen molar-refractivity contribution in [3.63, 3.8) is 0 Å². The summed E-state index contributed by atoms with van der Waals surface area (Å²) < 4.78 is 0. The van der Waals surface area contributed by atoms with Crippen molar-refractivity contribution in [3.05, 3.63) is 77.1 Å². The number of carbonyl (C=O) groups excluding carboxylic acids is 2. The van der Waals surface area contributed by atoms with E-state index < -0.39 is 0 Å². The number of likely N-dealkylation sites (N-methyl/N-ethyl adjacent to an activating group) is 1. The van der Waals surface area contributed by atoms with E-state index in [2.05, 4.69) is 5.32 Å². The van der Waals surface area contributed by atoms with Crippen molar-refractivity contribution < 1.29 is 9.59 Å². The average molecular weight is 292 g/mol. The SMILES string of the molecule is CN(C)C1=C(Nc2ccccc2)C(=O)c2ccccc2C1=O. The smallest absolute Gasteiger partial charge is 0.212 e. The molecular weight excluding hydrogens is 276 g/mol. The van der Waals surface area contributed by atoms with E-state index in [1.807, 2.05) is 30.3 Å². The summed E-state index contributed by atoms with van der Waals surface area (Å²) in [5, 5.41) is 3.10. The lowest BCUT2D eigenvalue weighted by Crippen LogP contribution is -2.32. The molecule has 0 fully saturated rings. The molecule has 0 atom stereocenters. The van der Waals surface area contributed by atoms with Crippen LogP contribution in [0.2, 0.25) is 0 Å². The van der Waals surface area contributed by atoms with Gasteiger partial charge in [0.2, 0.25) is 11.6 Å². The number of allylic oxidation sites excluding steroid dienone is 2. The van der Waals surface area contributed by atoms with Crippen LogP contribution in [0.15, 0.2) is 66.0 Å². The zero-order chi connectivity index (χ0) is 15.7. The van der Waals surface area contributed by atoms with Gasteiger partial charge in [0.1, 0.15) is 11.4 Å². The highest BCUT2D eigenvalue weighted by molar-refractivity contribution is 6.27. The highest BCUT2D eigenvalue weighted by Crippen LogP contribution is 2.28. The summed E-state index contributed by atoms with van der Waals surface area (Å²) in [6, 6.07) is 16.3. The fourth-order valence-corrected chi connectivity index (χ4v) is 2.57. The Labute approximate surface area is 129 Å². The van der Waals surface area contributed by atoms with Crippen molar-refractivity contribution >= 4 is 17.3 Å². The molecular formula is C18H16N2O2. The van der Waals surface area contributed by atoms with Crippen LogP contribution in [-0.4, -0.2) is 30.6 Å². The number of hydrogen-bond acceptors (Lipinski definition) is 4. The van der Waals surface area contributed by atoms with Crippen molar-refractivity contribution in [2.45, 2.75) is 0 Å². The first-order chi connectivity index (χ1) is 10.6. The molecule has 1 aliphatic carbocycles. The first kappa shape index (κ1) is 14.1. The number of hydrogen-bond donors (Lipinski definition) is 1. The summed E-state index contributed by atoms with van der Waals surface area (Å²) in [7, 11) is 3.53. The maximum absolute atomic E-state index is 12.8. The van der Waals surface area contributed by atoms with Gasteiger partial charge >= 0.3 is 0 Å². The number of rotatable bonds is 3. The largest absolute Gasteiger partial charge is 0.373 e. The van der Waals surface area contributed by atoms with Crippen LogP contribution in [0.5, 0.6) is 0 Å². The van der Waals surface area contributed by atoms with E-state index in [0.717, 1.165) is 5.69 Å². The Balaban J connectivity index is 2.13. The molecule has 0 unspecified atom stereocenters. The molecule has 22 heavy (non-hydrogen) atoms. The molecule has 0 spiro atoms. The third-order valence-corrected chi connectivity index (χ3v) is 3.59. The molecule has 4 heteroatoms. The maximum Gasteiger partial charge on any atom is 0.212 e. The molecule has 0 bridgehead atoms. The molecule has 4 nitrogen and oxygen atoms in total. The van der Waals surface area contributed by atoms with Gasteiger partial charge in [-0.2, -0.15) is 0 Å². The lowest BCUT2D eigenvalue weighted by atomic mass is 9.90. The van der Waals surface area contributed by atoms with Crippen LogP contribution < -0.4 is 5.32 Å². The van der Waals surface area contributed by atoms with Crippen LogP contribution >= 0.6 is 0 Å². The average Bonchev–Trinajstić information content (AvgIpc) is 2.53. The van der Waals surface area contributed by atoms with Crippen molar-refractivity contribution in [3.8, 4) is 0 Å². The second-order valence-electron chi connectivity index (χ2n) is 5.31. The molecule has 1 N–H and O–H groups in total. The zero-order valence-electron chi connectivity index (χ0n) is 12.5. The summed E-state index contributed by atoms with van der Waals surface area (Å²) in [4.78, 5) is 27.2. The van der Waals surface area contributed by atoms with E-state index in [1.54, 1.807) is 43.3 Å². The van der Waals surface area contributed by atoms with Gasteiger partial charge < -0.3 is 10.2 Å². The first-order valence-corrected chi connectivity index (χ1v) is 7.01. The highest BCUT2D eigenvalue weighted by atomic mass is 16.1. The minimum Gasteiger partial charge on any atom is -0.373 e. The van der Waals surface area contributed by atoms with Gasteiger partial charge in [-0.3, -0.25) is 9.59 Å². The normalized spacial score (nSPS) is 13.9. The molecule has 0 heterocycles. The second kappa shape index (κ2) is 5.48. The topological polar surface area (TPSA) is 49.4 Å². The number of nitrogens with zero attached hydrogens (tertiary/aromatic N) is 1. The number of Topliss-reactive ketones (excluding diaryl/α,β-unsaturated/α-hetero) is 2. The van der Waals surface area contributed by atoms with Crippen LogP contribution in [0.1, 0.15) is 20.7 Å². The molecule has 0 aliphatic heterocycles. The van der Waals surface area contributed by atoms with Gasteiger partial charge in [0.25, 0.3) is 0 Å². The monoisotopic (exact) mass is 292 g/mol. The first-order valence-electron chi connectivity index (χ1n) is 7.01. The predicted molar refractivity (Wildman–Crippen MR) is 85.9 cm³/mol. The van der Waals surface area contributed by atoms with Gasteiger partial charge in [0, 0.05) is 30.9 Å². The summed E-state index contributed by atoms with van der Waals surface area (Å²) in [5.41, 5.74) is 2.37. The third-order valence-electron chi connectivity index (χ3n) is 3.59. The Morgan fingerprint density at radius 1 is 0.773 bits per heavy atom. The number of para-hydroxylation sites is 1. The molecule has 0 amide bonds. The molecule has 3 rings (SSSR count). The van der Waals surface area contributed by atoms with Crippen molar-refractivity contribution in [2.24, 2.45) is 0 Å². The number of fused-ring (bicyclic) bond motifs is 1. The quantitative estimate of drug-likeness (QED) is 0.945. The fraction of sp³-hybridized carbons (Fsp3) is 0.111. The minimum atomic E-state index is -0.164. The Hall–Kier alpha value is -2.88. The van der Waals surface area contributed by atoms with Crippen molar-refractivity contribution in [1.29, 1.82) is 0 Å². The molecule has 0 aromatic heterocycles. The Kier molecular flexibility index (Phi) is 3.51. The number of carbonyl (C=O) groups is 2. The van der Waals surface area contributed by atoms with E-state index in [4.69, 9.17) is 0 Å². The molecule has 2 aromatic carbocycles. The van der Waals surface area contributed by atoms with Crippen LogP contribution in [0, 0.1) is 0 Å². The molecule has 0 saturated heterocycles. The predicted octanol–water partition coefficient (Wildman–Crippen LogP) is 2.95. The lowest BCUT2D eigenvalue weighted by molar-refractivity contribution is 0.0953. The molecule has 0 radical (unpaired) electrons. The van der Waals surface area contributed by atoms with Crippen LogP contribution in [0.3, 0.4) is 0 Å². The molecule has 1 aliphatic rings. The Morgan fingerprint density at radius 2 is 1.32 bits per heavy atom. The van der Waals surface area contributed by atoms with Gasteiger partial charge in [-0.15, -0.1) is 0 Å². The van der Waals surface area contributed by atoms with Gasteiger partial charge in [-0.1, -0.05) is 42.5 Å². The number of ketones is 2. The van der Waals surface area contributed by atoms with Crippen LogP contribution in [0.25, 0.3) is 0 Å². The van der Waals surface area contributed by atoms with E-state index >= 15 is 0 Å². The fourth-order valence-electron chi connectivity index (χ4n) is 2.57. The molecule has 110 valence electrons. The summed E-state index contributed by atoms with van der Waals surface area (Å²) in [6.45, 7) is 0. The van der Waals surface area contributed by atoms with E-state index in [9.17, 15) is 9.59 Å². The summed E-state index contributed by atoms with van der Waals surface area (Å²) >= 11 is 0. The van der Waals surface area contributed by atoms with Crippen molar-refractivity contribution in [2.75, 3.05) is 19.4 Å². The van der Waals surface area contributed by atoms with Gasteiger partial charge in [-0.05, 0) is 12.1 Å². The number of nitrogens with one attached hydrogen (secondary N) is 1. The van der Waals surface area contributed by atoms with E-state index in [1.165, 1.54) is 0 Å². The van der Waals surface area contributed by atoms with Gasteiger partial charge in [-0.25, -0.2) is 0 Å². The summed E-state index contributed by atoms with van der Waals surface area (Å²) in [6.07, 6.45) is 0. The lowest BCUT2D eigenvalue weighted by Gasteiger charge is -2.26. The van der Waals surface area contributed by atoms with Crippen LogP contribution in [0.4, 0.5) is 5.69 Å².